The fourth-order valence-corrected chi connectivity index (χ4v) is 4.52. The van der Waals surface area contributed by atoms with E-state index in [-0.39, 0.29) is 6.61 Å². The van der Waals surface area contributed by atoms with Crippen molar-refractivity contribution in [1.82, 2.24) is 0 Å². The van der Waals surface area contributed by atoms with Crippen molar-refractivity contribution in [1.29, 1.82) is 0 Å². The van der Waals surface area contributed by atoms with E-state index in [1.54, 1.807) is 0 Å². The minimum absolute atomic E-state index is 0.0968. The molecule has 162 valence electrons. The molecule has 2 aliphatic rings. The number of phosphoric acid groups is 2. The molecular formula is C11H22B2F2O11P2. The molecule has 0 radical (unpaired) electrons. The van der Waals surface area contributed by atoms with E-state index in [4.69, 9.17) is 33.0 Å². The van der Waals surface area contributed by atoms with Crippen LogP contribution in [0.3, 0.4) is 0 Å². The minimum Gasteiger partial charge on any atom is -0.382 e. The number of hydrogen-bond donors (Lipinski definition) is 3. The van der Waals surface area contributed by atoms with Gasteiger partial charge in [0.1, 0.15) is 52.5 Å². The van der Waals surface area contributed by atoms with Crippen molar-refractivity contribution in [3.8, 4) is 0 Å². The summed E-state index contributed by atoms with van der Waals surface area (Å²) in [7, 11) is -5.88. The Morgan fingerprint density at radius 3 is 1.86 bits per heavy atom. The molecule has 0 aromatic rings. The molecule has 2 rings (SSSR count). The van der Waals surface area contributed by atoms with Gasteiger partial charge in [-0.15, -0.1) is 0 Å². The van der Waals surface area contributed by atoms with Crippen LogP contribution in [0.4, 0.5) is 8.78 Å². The number of hydrogen-bond acceptors (Lipinski definition) is 8. The van der Waals surface area contributed by atoms with E-state index < -0.39 is 71.0 Å². The third-order valence-electron chi connectivity index (χ3n) is 4.28. The molecule has 0 amide bonds. The Kier molecular flexibility index (Phi) is 8.25. The van der Waals surface area contributed by atoms with Gasteiger partial charge in [-0.1, -0.05) is 0 Å². The number of ether oxygens (including phenoxy) is 3. The van der Waals surface area contributed by atoms with Crippen LogP contribution in [0.1, 0.15) is 0 Å². The van der Waals surface area contributed by atoms with Gasteiger partial charge in [-0.3, -0.25) is 13.6 Å². The van der Waals surface area contributed by atoms with Crippen LogP contribution in [0.25, 0.3) is 0 Å². The second kappa shape index (κ2) is 9.49. The van der Waals surface area contributed by atoms with Crippen molar-refractivity contribution in [3.63, 3.8) is 0 Å². The molecule has 0 aliphatic carbocycles. The van der Waals surface area contributed by atoms with Crippen LogP contribution in [0.2, 0.25) is 0 Å². The Labute approximate surface area is 161 Å². The van der Waals surface area contributed by atoms with Gasteiger partial charge in [0.2, 0.25) is 0 Å². The molecular weight excluding hydrogens is 430 g/mol. The van der Waals surface area contributed by atoms with Crippen molar-refractivity contribution in [3.05, 3.63) is 0 Å². The van der Waals surface area contributed by atoms with Crippen LogP contribution in [0, 0.1) is 0 Å². The topological polar surface area (TPSA) is 150 Å². The Bertz CT molecular complexity index is 627. The van der Waals surface area contributed by atoms with E-state index >= 15 is 0 Å². The maximum absolute atomic E-state index is 14.2. The highest BCUT2D eigenvalue weighted by Gasteiger charge is 2.49. The van der Waals surface area contributed by atoms with Gasteiger partial charge in [-0.25, -0.2) is 17.9 Å². The summed E-state index contributed by atoms with van der Waals surface area (Å²) < 4.78 is 80.6. The van der Waals surface area contributed by atoms with Gasteiger partial charge in [0.25, 0.3) is 0 Å². The number of methoxy groups -OCH3 is 1. The van der Waals surface area contributed by atoms with Crippen LogP contribution >= 0.6 is 15.6 Å². The van der Waals surface area contributed by atoms with Gasteiger partial charge in [0.05, 0.1) is 25.2 Å². The van der Waals surface area contributed by atoms with E-state index in [1.165, 1.54) is 22.8 Å². The summed E-state index contributed by atoms with van der Waals surface area (Å²) in [4.78, 5) is 27.6. The number of alkyl halides is 2. The molecule has 2 saturated heterocycles. The normalized spacial score (nSPS) is 41.2. The first-order valence-electron chi connectivity index (χ1n) is 8.32. The average Bonchev–Trinajstić information content (AvgIpc) is 2.97. The number of halogens is 2. The summed E-state index contributed by atoms with van der Waals surface area (Å²) in [6.07, 6.45) is -9.19. The molecule has 2 aliphatic heterocycles. The first-order chi connectivity index (χ1) is 12.8. The highest BCUT2D eigenvalue weighted by atomic mass is 31.2. The molecule has 2 heterocycles. The Hall–Kier alpha value is 0.0899. The van der Waals surface area contributed by atoms with E-state index in [0.717, 1.165) is 0 Å². The summed E-state index contributed by atoms with van der Waals surface area (Å²) in [5.74, 6) is 0. The van der Waals surface area contributed by atoms with Gasteiger partial charge >= 0.3 is 15.6 Å². The van der Waals surface area contributed by atoms with Gasteiger partial charge in [-0.05, 0) is 0 Å². The van der Waals surface area contributed by atoms with Gasteiger partial charge in [0.15, 0.2) is 0 Å². The highest BCUT2D eigenvalue weighted by molar-refractivity contribution is 7.47. The van der Waals surface area contributed by atoms with Crippen molar-refractivity contribution < 1.29 is 60.4 Å². The third-order valence-corrected chi connectivity index (χ3v) is 5.79. The lowest BCUT2D eigenvalue weighted by atomic mass is 9.94. The zero-order valence-electron chi connectivity index (χ0n) is 15.3. The summed E-state index contributed by atoms with van der Waals surface area (Å²) >= 11 is 0. The van der Waals surface area contributed by atoms with Crippen LogP contribution in [0.15, 0.2) is 0 Å². The molecule has 2 fully saturated rings. The monoisotopic (exact) mass is 452 g/mol. The maximum atomic E-state index is 14.2. The smallest absolute Gasteiger partial charge is 0.382 e. The highest BCUT2D eigenvalue weighted by Crippen LogP contribution is 2.49. The third kappa shape index (κ3) is 6.29. The first kappa shape index (κ1) is 24.4. The zero-order valence-corrected chi connectivity index (χ0v) is 17.1. The second-order valence-electron chi connectivity index (χ2n) is 6.50. The van der Waals surface area contributed by atoms with Crippen molar-refractivity contribution in [2.24, 2.45) is 0 Å². The van der Waals surface area contributed by atoms with Crippen LogP contribution in [0.5, 0.6) is 0 Å². The molecule has 0 saturated carbocycles. The molecule has 5 unspecified atom stereocenters. The molecule has 9 atom stereocenters. The summed E-state index contributed by atoms with van der Waals surface area (Å²) in [6, 6.07) is -2.01. The molecule has 0 aromatic carbocycles. The Morgan fingerprint density at radius 2 is 1.39 bits per heavy atom. The predicted molar refractivity (Wildman–Crippen MR) is 93.6 cm³/mol. The fourth-order valence-electron chi connectivity index (χ4n) is 3.00. The van der Waals surface area contributed by atoms with Crippen molar-refractivity contribution >= 4 is 31.3 Å². The molecule has 0 aromatic heterocycles. The van der Waals surface area contributed by atoms with Crippen molar-refractivity contribution in [2.45, 2.75) is 48.8 Å². The van der Waals surface area contributed by atoms with E-state index in [1.807, 2.05) is 0 Å². The quantitative estimate of drug-likeness (QED) is 0.264. The number of rotatable bonds is 9. The molecule has 3 N–H and O–H groups in total. The molecule has 0 spiro atoms. The molecule has 17 heteroatoms. The Morgan fingerprint density at radius 1 is 0.929 bits per heavy atom. The van der Waals surface area contributed by atoms with Crippen LogP contribution < -0.4 is 0 Å². The average molecular weight is 452 g/mol. The standard InChI is InChI=1S/C11H22B2F2O11P2/c1-21-2-4-9(7(15)11(13)23-4)26-28(19,20)22-3-5-8(25-27(16,17)18)6(14)10(12)24-5/h4-11H,2-3,12-13H2,1H3,(H,19,20)(H2,16,17,18)/t4?,5?,6?,7?,8-,9-,10+,11+/m0/s1. The summed E-state index contributed by atoms with van der Waals surface area (Å²) in [6.45, 7) is -0.890. The van der Waals surface area contributed by atoms with Gasteiger partial charge < -0.3 is 28.9 Å². The second-order valence-corrected chi connectivity index (χ2v) is 9.10. The largest absolute Gasteiger partial charge is 0.472 e. The lowest BCUT2D eigenvalue weighted by Gasteiger charge is -2.24. The van der Waals surface area contributed by atoms with E-state index in [0.29, 0.717) is 0 Å². The molecule has 28 heavy (non-hydrogen) atoms. The summed E-state index contributed by atoms with van der Waals surface area (Å²) in [5.41, 5.74) is 0. The van der Waals surface area contributed by atoms with Crippen LogP contribution in [-0.4, -0.2) is 99.5 Å². The molecule has 0 bridgehead atoms. The van der Waals surface area contributed by atoms with E-state index in [2.05, 4.69) is 4.52 Å². The minimum atomic E-state index is -5.05. The van der Waals surface area contributed by atoms with Crippen molar-refractivity contribution in [2.75, 3.05) is 20.3 Å². The first-order valence-corrected chi connectivity index (χ1v) is 11.3. The van der Waals surface area contributed by atoms with Gasteiger partial charge in [0, 0.05) is 7.11 Å². The zero-order chi connectivity index (χ0) is 21.3. The molecule has 11 nitrogen and oxygen atoms in total. The van der Waals surface area contributed by atoms with Gasteiger partial charge in [-0.2, -0.15) is 0 Å². The summed E-state index contributed by atoms with van der Waals surface area (Å²) in [5, 5.41) is 0. The van der Waals surface area contributed by atoms with E-state index in [9.17, 15) is 22.8 Å². The SMILES string of the molecule is B[C@@H]1OC(COP(=O)(O)O[C@H]2C(COC)O[C@@H](B)C2F)[C@H](OP(=O)(O)O)C1F. The predicted octanol–water partition coefficient (Wildman–Crippen LogP) is -1.99. The lowest BCUT2D eigenvalue weighted by Crippen LogP contribution is -2.35. The Balaban J connectivity index is 1.99. The number of phosphoric ester groups is 2. The lowest BCUT2D eigenvalue weighted by molar-refractivity contribution is -0.0333. The fraction of sp³-hybridized carbons (Fsp3) is 1.00. The maximum Gasteiger partial charge on any atom is 0.472 e. The van der Waals surface area contributed by atoms with Crippen LogP contribution in [-0.2, 0) is 36.9 Å².